The second-order valence-electron chi connectivity index (χ2n) is 10.7. The summed E-state index contributed by atoms with van der Waals surface area (Å²) in [5, 5.41) is 23.1. The Balaban J connectivity index is 1.12. The molecule has 6 rings (SSSR count). The van der Waals surface area contributed by atoms with E-state index >= 15 is 0 Å². The number of fused-ring (bicyclic) bond motifs is 1. The highest BCUT2D eigenvalue weighted by Gasteiger charge is 2.25. The molecular weight excluding hydrogens is 551 g/mol. The van der Waals surface area contributed by atoms with Crippen molar-refractivity contribution in [3.05, 3.63) is 101 Å². The van der Waals surface area contributed by atoms with Gasteiger partial charge in [0.05, 0.1) is 65.2 Å². The Morgan fingerprint density at radius 3 is 2.74 bits per heavy atom. The van der Waals surface area contributed by atoms with Gasteiger partial charge in [-0.05, 0) is 69.3 Å². The van der Waals surface area contributed by atoms with E-state index in [9.17, 15) is 14.3 Å². The molecule has 1 N–H and O–H groups in total. The van der Waals surface area contributed by atoms with Gasteiger partial charge in [0.15, 0.2) is 0 Å². The van der Waals surface area contributed by atoms with Gasteiger partial charge in [0.1, 0.15) is 18.2 Å². The molecule has 0 radical (unpaired) electrons. The standard InChI is InChI=1S/C31H31FN8O3/c1-2-38-20-34-16-25(38)17-39-29-14-23(31(41)42)5-6-28(29)35-30(39)18-37-10-7-22(8-11-37)27-9-12-40(36-27)43-19-24-4-3-21(15-33)13-26(24)32/h3-6,9,12-14,16,20,22H,2,7-8,10-11,17-19H2,1H3,(H,41,42). The molecule has 5 aromatic rings. The lowest BCUT2D eigenvalue weighted by Gasteiger charge is -2.31. The summed E-state index contributed by atoms with van der Waals surface area (Å²) in [7, 11) is 0. The number of aromatic nitrogens is 6. The second kappa shape index (κ2) is 12.1. The summed E-state index contributed by atoms with van der Waals surface area (Å²) in [6.45, 7) is 5.75. The topological polar surface area (TPSA) is 127 Å². The number of carboxylic acid groups (broad SMARTS) is 1. The van der Waals surface area contributed by atoms with Crippen LogP contribution in [0.5, 0.6) is 0 Å². The summed E-state index contributed by atoms with van der Waals surface area (Å²) < 4.78 is 18.4. The molecule has 220 valence electrons. The highest BCUT2D eigenvalue weighted by Crippen LogP contribution is 2.28. The summed E-state index contributed by atoms with van der Waals surface area (Å²) in [6.07, 6.45) is 7.20. The smallest absolute Gasteiger partial charge is 0.335 e. The first-order valence-electron chi connectivity index (χ1n) is 14.2. The molecule has 0 saturated carbocycles. The van der Waals surface area contributed by atoms with Crippen LogP contribution in [0.1, 0.15) is 64.4 Å². The first kappa shape index (κ1) is 28.1. The fourth-order valence-corrected chi connectivity index (χ4v) is 5.60. The molecule has 0 aliphatic carbocycles. The van der Waals surface area contributed by atoms with Crippen LogP contribution in [0.4, 0.5) is 4.39 Å². The number of benzene rings is 2. The van der Waals surface area contributed by atoms with Gasteiger partial charge >= 0.3 is 5.97 Å². The zero-order valence-electron chi connectivity index (χ0n) is 23.7. The summed E-state index contributed by atoms with van der Waals surface area (Å²) in [6, 6.07) is 13.2. The minimum absolute atomic E-state index is 0.00507. The predicted octanol–water partition coefficient (Wildman–Crippen LogP) is 4.21. The number of nitrogens with zero attached hydrogens (tertiary/aromatic N) is 8. The van der Waals surface area contributed by atoms with Crippen molar-refractivity contribution in [3.63, 3.8) is 0 Å². The van der Waals surface area contributed by atoms with Gasteiger partial charge in [0.2, 0.25) is 0 Å². The summed E-state index contributed by atoms with van der Waals surface area (Å²) in [5.74, 6) is -0.298. The second-order valence-corrected chi connectivity index (χ2v) is 10.7. The minimum atomic E-state index is -0.967. The third-order valence-corrected chi connectivity index (χ3v) is 8.03. The number of imidazole rings is 2. The minimum Gasteiger partial charge on any atom is -0.478 e. The van der Waals surface area contributed by atoms with Crippen LogP contribution in [0.15, 0.2) is 61.2 Å². The molecule has 0 bridgehead atoms. The Kier molecular flexibility index (Phi) is 7.89. The molecule has 0 atom stereocenters. The van der Waals surface area contributed by atoms with E-state index in [4.69, 9.17) is 15.1 Å². The molecule has 43 heavy (non-hydrogen) atoms. The number of carbonyl (C=O) groups is 1. The molecule has 1 aliphatic rings. The number of piperidine rings is 1. The number of carboxylic acids is 1. The van der Waals surface area contributed by atoms with Crippen molar-refractivity contribution >= 4 is 17.0 Å². The van der Waals surface area contributed by atoms with Crippen molar-refractivity contribution in [2.45, 2.75) is 51.9 Å². The Morgan fingerprint density at radius 1 is 1.16 bits per heavy atom. The van der Waals surface area contributed by atoms with Gasteiger partial charge in [-0.15, -0.1) is 9.94 Å². The lowest BCUT2D eigenvalue weighted by atomic mass is 9.94. The number of nitriles is 1. The van der Waals surface area contributed by atoms with E-state index in [0.717, 1.165) is 60.7 Å². The van der Waals surface area contributed by atoms with Gasteiger partial charge in [0, 0.05) is 24.2 Å². The van der Waals surface area contributed by atoms with Crippen LogP contribution >= 0.6 is 0 Å². The number of aromatic carboxylic acids is 1. The zero-order chi connectivity index (χ0) is 29.9. The van der Waals surface area contributed by atoms with Gasteiger partial charge in [-0.1, -0.05) is 6.07 Å². The van der Waals surface area contributed by atoms with E-state index in [1.165, 1.54) is 10.9 Å². The van der Waals surface area contributed by atoms with Gasteiger partial charge < -0.3 is 19.1 Å². The fraction of sp³-hybridized carbons (Fsp3) is 0.323. The average Bonchev–Trinajstić information content (AvgIpc) is 3.76. The van der Waals surface area contributed by atoms with E-state index < -0.39 is 11.8 Å². The maximum atomic E-state index is 14.2. The van der Waals surface area contributed by atoms with Gasteiger partial charge in [-0.3, -0.25) is 4.90 Å². The number of hydrogen-bond donors (Lipinski definition) is 1. The molecule has 1 aliphatic heterocycles. The Bertz CT molecular complexity index is 1810. The van der Waals surface area contributed by atoms with Crippen LogP contribution in [0.25, 0.3) is 11.0 Å². The third-order valence-electron chi connectivity index (χ3n) is 8.03. The van der Waals surface area contributed by atoms with E-state index in [-0.39, 0.29) is 23.7 Å². The van der Waals surface area contributed by atoms with Crippen LogP contribution in [-0.2, 0) is 26.2 Å². The van der Waals surface area contributed by atoms with Crippen molar-refractivity contribution in [1.82, 2.24) is 33.9 Å². The summed E-state index contributed by atoms with van der Waals surface area (Å²) in [5.41, 5.74) is 4.37. The average molecular weight is 583 g/mol. The zero-order valence-corrected chi connectivity index (χ0v) is 23.7. The molecule has 4 heterocycles. The monoisotopic (exact) mass is 582 g/mol. The SMILES string of the molecule is CCn1cncc1Cn1c(CN2CCC(c3ccn(OCc4ccc(C#N)cc4F)n3)CC2)nc2ccc(C(=O)O)cc21. The molecule has 0 spiro atoms. The molecular formula is C31H31FN8O3. The van der Waals surface area contributed by atoms with Crippen molar-refractivity contribution in [1.29, 1.82) is 5.26 Å². The summed E-state index contributed by atoms with van der Waals surface area (Å²) in [4.78, 5) is 30.3. The number of likely N-dealkylation sites (tertiary alicyclic amines) is 1. The highest BCUT2D eigenvalue weighted by atomic mass is 19.1. The van der Waals surface area contributed by atoms with Crippen LogP contribution < -0.4 is 4.84 Å². The third kappa shape index (κ3) is 5.98. The quantitative estimate of drug-likeness (QED) is 0.259. The van der Waals surface area contributed by atoms with E-state index in [1.807, 2.05) is 18.3 Å². The predicted molar refractivity (Wildman–Crippen MR) is 155 cm³/mol. The molecule has 11 nitrogen and oxygen atoms in total. The number of halogens is 1. The normalized spacial score (nSPS) is 14.3. The lowest BCUT2D eigenvalue weighted by Crippen LogP contribution is -2.33. The Morgan fingerprint density at radius 2 is 2.00 bits per heavy atom. The first-order valence-corrected chi connectivity index (χ1v) is 14.2. The molecule has 0 unspecified atom stereocenters. The van der Waals surface area contributed by atoms with Crippen LogP contribution in [0.3, 0.4) is 0 Å². The lowest BCUT2D eigenvalue weighted by molar-refractivity contribution is 0.0666. The molecule has 12 heteroatoms. The number of aryl methyl sites for hydroxylation is 1. The van der Waals surface area contributed by atoms with E-state index in [1.54, 1.807) is 42.9 Å². The summed E-state index contributed by atoms with van der Waals surface area (Å²) >= 11 is 0. The van der Waals surface area contributed by atoms with Crippen LogP contribution in [-0.4, -0.2) is 58.1 Å². The van der Waals surface area contributed by atoms with Crippen molar-refractivity contribution in [2.75, 3.05) is 13.1 Å². The van der Waals surface area contributed by atoms with Gasteiger partial charge in [0.25, 0.3) is 0 Å². The number of rotatable bonds is 10. The Hall–Kier alpha value is -5.02. The number of hydrogen-bond acceptors (Lipinski definition) is 7. The maximum absolute atomic E-state index is 14.2. The van der Waals surface area contributed by atoms with Gasteiger partial charge in [-0.25, -0.2) is 19.2 Å². The molecule has 0 amide bonds. The van der Waals surface area contributed by atoms with Crippen molar-refractivity contribution in [2.24, 2.45) is 0 Å². The van der Waals surface area contributed by atoms with Crippen LogP contribution in [0, 0.1) is 17.1 Å². The van der Waals surface area contributed by atoms with Crippen LogP contribution in [0.2, 0.25) is 0 Å². The Labute approximate surface area is 247 Å². The molecule has 1 fully saturated rings. The maximum Gasteiger partial charge on any atom is 0.335 e. The van der Waals surface area contributed by atoms with E-state index in [2.05, 4.69) is 31.0 Å². The molecule has 2 aromatic carbocycles. The largest absolute Gasteiger partial charge is 0.478 e. The first-order chi connectivity index (χ1) is 20.9. The van der Waals surface area contributed by atoms with E-state index in [0.29, 0.717) is 18.7 Å². The highest BCUT2D eigenvalue weighted by molar-refractivity contribution is 5.92. The van der Waals surface area contributed by atoms with Crippen molar-refractivity contribution in [3.8, 4) is 6.07 Å². The van der Waals surface area contributed by atoms with Crippen molar-refractivity contribution < 1.29 is 19.1 Å². The van der Waals surface area contributed by atoms with Gasteiger partial charge in [-0.2, -0.15) is 5.26 Å². The molecule has 3 aromatic heterocycles. The molecule has 1 saturated heterocycles. The fourth-order valence-electron chi connectivity index (χ4n) is 5.60.